The van der Waals surface area contributed by atoms with Gasteiger partial charge in [-0.2, -0.15) is 0 Å². The molecule has 6 atom stereocenters. The molecule has 3 aromatic carbocycles. The van der Waals surface area contributed by atoms with Crippen LogP contribution in [0.15, 0.2) is 104 Å². The Bertz CT molecular complexity index is 1180. The molecule has 0 bridgehead atoms. The lowest BCUT2D eigenvalue weighted by Crippen LogP contribution is -2.60. The Kier molecular flexibility index (Phi) is 9.42. The molecule has 2 heterocycles. The molecule has 0 unspecified atom stereocenters. The molecule has 4 heteroatoms. The standard InChI is InChI=1S/C34H36O4/c1-2-13-30-32(35-24-27-16-8-4-9-17-27)34(36-25-28-18-10-5-11-19-28)33-31(38-30)21-12-20-29(37-33)23-22-26-14-6-3-7-15-26/h2-11,14-19,29-34H,1,13,21-25H2/t29-,30-,31+,32-,33+,34+/m0/s1. The fraction of sp³-hybridized carbons (Fsp3) is 0.353. The van der Waals surface area contributed by atoms with Gasteiger partial charge < -0.3 is 18.9 Å². The van der Waals surface area contributed by atoms with E-state index < -0.39 is 0 Å². The van der Waals surface area contributed by atoms with Gasteiger partial charge in [-0.05, 0) is 36.0 Å². The van der Waals surface area contributed by atoms with Crippen molar-refractivity contribution in [3.05, 3.63) is 120 Å². The maximum absolute atomic E-state index is 6.72. The van der Waals surface area contributed by atoms with Crippen LogP contribution in [0.5, 0.6) is 0 Å². The highest BCUT2D eigenvalue weighted by atomic mass is 16.6. The van der Waals surface area contributed by atoms with Crippen LogP contribution in [-0.4, -0.2) is 36.6 Å². The molecule has 0 N–H and O–H groups in total. The van der Waals surface area contributed by atoms with Crippen molar-refractivity contribution in [3.8, 4) is 11.8 Å². The highest BCUT2D eigenvalue weighted by molar-refractivity contribution is 5.18. The molecule has 0 aliphatic carbocycles. The molecule has 1 fully saturated rings. The van der Waals surface area contributed by atoms with Gasteiger partial charge in [-0.25, -0.2) is 0 Å². The fourth-order valence-corrected chi connectivity index (χ4v) is 5.18. The summed E-state index contributed by atoms with van der Waals surface area (Å²) in [5.41, 5.74) is 3.51. The van der Waals surface area contributed by atoms with Gasteiger partial charge in [-0.1, -0.05) is 109 Å². The zero-order valence-corrected chi connectivity index (χ0v) is 21.8. The van der Waals surface area contributed by atoms with Crippen LogP contribution in [-0.2, 0) is 38.6 Å². The van der Waals surface area contributed by atoms with E-state index in [4.69, 9.17) is 18.9 Å². The maximum Gasteiger partial charge on any atom is 0.119 e. The van der Waals surface area contributed by atoms with E-state index in [1.807, 2.05) is 48.5 Å². The summed E-state index contributed by atoms with van der Waals surface area (Å²) < 4.78 is 26.6. The van der Waals surface area contributed by atoms with Gasteiger partial charge in [0.1, 0.15) is 24.4 Å². The third-order valence-corrected chi connectivity index (χ3v) is 7.13. The van der Waals surface area contributed by atoms with Crippen LogP contribution in [0.3, 0.4) is 0 Å². The third-order valence-electron chi connectivity index (χ3n) is 7.13. The van der Waals surface area contributed by atoms with Crippen molar-refractivity contribution in [3.63, 3.8) is 0 Å². The van der Waals surface area contributed by atoms with Crippen LogP contribution in [0, 0.1) is 11.8 Å². The molecule has 0 spiro atoms. The molecular formula is C34H36O4. The predicted molar refractivity (Wildman–Crippen MR) is 149 cm³/mol. The molecule has 3 aromatic rings. The van der Waals surface area contributed by atoms with E-state index in [-0.39, 0.29) is 36.6 Å². The molecule has 2 aliphatic heterocycles. The largest absolute Gasteiger partial charge is 0.368 e. The van der Waals surface area contributed by atoms with E-state index in [2.05, 4.69) is 67.0 Å². The average molecular weight is 509 g/mol. The van der Waals surface area contributed by atoms with Gasteiger partial charge in [0.15, 0.2) is 0 Å². The Labute approximate surface area is 226 Å². The summed E-state index contributed by atoms with van der Waals surface area (Å²) in [5.74, 6) is 6.69. The Morgan fingerprint density at radius 1 is 0.763 bits per heavy atom. The van der Waals surface area contributed by atoms with E-state index >= 15 is 0 Å². The monoisotopic (exact) mass is 508 g/mol. The van der Waals surface area contributed by atoms with Gasteiger partial charge in [0.05, 0.1) is 25.4 Å². The third kappa shape index (κ3) is 7.01. The Hall–Kier alpha value is -3.20. The number of hydrogen-bond acceptors (Lipinski definition) is 4. The lowest BCUT2D eigenvalue weighted by Gasteiger charge is -2.46. The van der Waals surface area contributed by atoms with E-state index in [9.17, 15) is 0 Å². The highest BCUT2D eigenvalue weighted by Gasteiger charge is 2.48. The van der Waals surface area contributed by atoms with Crippen molar-refractivity contribution in [2.45, 2.75) is 75.5 Å². The molecule has 5 rings (SSSR count). The average Bonchev–Trinajstić information content (AvgIpc) is 3.18. The summed E-state index contributed by atoms with van der Waals surface area (Å²) in [6, 6.07) is 30.9. The second-order valence-electron chi connectivity index (χ2n) is 9.90. The first-order chi connectivity index (χ1) is 18.8. The van der Waals surface area contributed by atoms with Crippen molar-refractivity contribution in [2.24, 2.45) is 0 Å². The van der Waals surface area contributed by atoms with Crippen molar-refractivity contribution < 1.29 is 18.9 Å². The molecule has 1 saturated heterocycles. The number of hydrogen-bond donors (Lipinski definition) is 0. The summed E-state index contributed by atoms with van der Waals surface area (Å²) in [5, 5.41) is 0. The van der Waals surface area contributed by atoms with Gasteiger partial charge in [0.25, 0.3) is 0 Å². The first-order valence-electron chi connectivity index (χ1n) is 13.6. The van der Waals surface area contributed by atoms with Crippen LogP contribution in [0.2, 0.25) is 0 Å². The topological polar surface area (TPSA) is 36.9 Å². The maximum atomic E-state index is 6.72. The molecule has 38 heavy (non-hydrogen) atoms. The molecule has 0 saturated carbocycles. The molecule has 0 radical (unpaired) electrons. The van der Waals surface area contributed by atoms with Crippen molar-refractivity contribution in [1.29, 1.82) is 0 Å². The van der Waals surface area contributed by atoms with E-state index in [0.29, 0.717) is 26.1 Å². The van der Waals surface area contributed by atoms with Gasteiger partial charge in [-0.3, -0.25) is 0 Å². The zero-order chi connectivity index (χ0) is 26.0. The second-order valence-corrected chi connectivity index (χ2v) is 9.90. The van der Waals surface area contributed by atoms with Crippen LogP contribution >= 0.6 is 0 Å². The zero-order valence-electron chi connectivity index (χ0n) is 21.8. The molecule has 196 valence electrons. The summed E-state index contributed by atoms with van der Waals surface area (Å²) in [6.45, 7) is 4.92. The quantitative estimate of drug-likeness (QED) is 0.225. The molecule has 4 nitrogen and oxygen atoms in total. The lowest BCUT2D eigenvalue weighted by molar-refractivity contribution is -0.264. The number of ether oxygens (including phenoxy) is 4. The number of fused-ring (bicyclic) bond motifs is 1. The smallest absolute Gasteiger partial charge is 0.119 e. The van der Waals surface area contributed by atoms with Gasteiger partial charge in [-0.15, -0.1) is 6.58 Å². The second kappa shape index (κ2) is 13.6. The number of aryl methyl sites for hydroxylation is 1. The van der Waals surface area contributed by atoms with Crippen LogP contribution < -0.4 is 0 Å². The highest BCUT2D eigenvalue weighted by Crippen LogP contribution is 2.34. The molecule has 0 amide bonds. The Morgan fingerprint density at radius 3 is 1.95 bits per heavy atom. The minimum atomic E-state index is -0.316. The molecule has 0 aromatic heterocycles. The van der Waals surface area contributed by atoms with Crippen molar-refractivity contribution >= 4 is 0 Å². The van der Waals surface area contributed by atoms with Crippen molar-refractivity contribution in [1.82, 2.24) is 0 Å². The van der Waals surface area contributed by atoms with E-state index in [1.165, 1.54) is 5.56 Å². The van der Waals surface area contributed by atoms with Gasteiger partial charge >= 0.3 is 0 Å². The van der Waals surface area contributed by atoms with Crippen LogP contribution in [0.4, 0.5) is 0 Å². The summed E-state index contributed by atoms with van der Waals surface area (Å²) in [4.78, 5) is 0. The number of benzene rings is 3. The molecular weight excluding hydrogens is 472 g/mol. The minimum Gasteiger partial charge on any atom is -0.368 e. The normalized spacial score (nSPS) is 26.4. The van der Waals surface area contributed by atoms with E-state index in [0.717, 1.165) is 24.0 Å². The molecule has 2 aliphatic rings. The number of rotatable bonds is 11. The lowest BCUT2D eigenvalue weighted by atomic mass is 9.91. The fourth-order valence-electron chi connectivity index (χ4n) is 5.18. The van der Waals surface area contributed by atoms with Crippen LogP contribution in [0.1, 0.15) is 36.0 Å². The SMILES string of the molecule is C=CC[C@@H]1O[C@@H]2CC#C[C@@H](CCc3ccccc3)O[C@H]2[C@H](OCc2ccccc2)[C@H]1OCc1ccccc1. The minimum absolute atomic E-state index is 0.188. The summed E-state index contributed by atoms with van der Waals surface area (Å²) in [7, 11) is 0. The first-order valence-corrected chi connectivity index (χ1v) is 13.6. The van der Waals surface area contributed by atoms with Crippen LogP contribution in [0.25, 0.3) is 0 Å². The summed E-state index contributed by atoms with van der Waals surface area (Å²) in [6.07, 6.45) is 3.38. The summed E-state index contributed by atoms with van der Waals surface area (Å²) >= 11 is 0. The first kappa shape index (κ1) is 26.4. The predicted octanol–water partition coefficient (Wildman–Crippen LogP) is 6.29. The van der Waals surface area contributed by atoms with Gasteiger partial charge in [0.2, 0.25) is 0 Å². The van der Waals surface area contributed by atoms with Gasteiger partial charge in [0, 0.05) is 6.42 Å². The van der Waals surface area contributed by atoms with E-state index in [1.54, 1.807) is 0 Å². The Balaban J connectivity index is 1.37. The Morgan fingerprint density at radius 2 is 1.34 bits per heavy atom. The van der Waals surface area contributed by atoms with Crippen molar-refractivity contribution in [2.75, 3.05) is 0 Å².